The second-order valence-corrected chi connectivity index (χ2v) is 4.44. The van der Waals surface area contributed by atoms with Crippen LogP contribution in [0.5, 0.6) is 0 Å². The number of hydrogen-bond acceptors (Lipinski definition) is 3. The normalized spacial score (nSPS) is 10.7. The van der Waals surface area contributed by atoms with E-state index in [0.717, 1.165) is 0 Å². The molecule has 0 spiro atoms. The minimum atomic E-state index is -1.15. The van der Waals surface area contributed by atoms with Crippen LogP contribution in [0.15, 0.2) is 16.9 Å². The molecule has 0 aliphatic heterocycles. The van der Waals surface area contributed by atoms with Gasteiger partial charge in [0.15, 0.2) is 0 Å². The molecule has 1 heterocycles. The van der Waals surface area contributed by atoms with Gasteiger partial charge in [-0.3, -0.25) is 9.78 Å². The second-order valence-electron chi connectivity index (χ2n) is 3.36. The molecular weight excluding hydrogens is 362 g/mol. The van der Waals surface area contributed by atoms with Crippen molar-refractivity contribution in [1.29, 1.82) is 0 Å². The van der Waals surface area contributed by atoms with Crippen LogP contribution in [0.1, 0.15) is 0 Å². The highest BCUT2D eigenvalue weighted by Crippen LogP contribution is 2.27. The highest BCUT2D eigenvalue weighted by Gasteiger charge is 2.19. The summed E-state index contributed by atoms with van der Waals surface area (Å²) >= 11 is 1.58. The fourth-order valence-corrected chi connectivity index (χ4v) is 1.94. The van der Waals surface area contributed by atoms with Crippen molar-refractivity contribution in [3.05, 3.63) is 43.5 Å². The van der Waals surface area contributed by atoms with Crippen molar-refractivity contribution >= 4 is 28.5 Å². The van der Waals surface area contributed by atoms with Gasteiger partial charge in [0.05, 0.1) is 11.3 Å². The highest BCUT2D eigenvalue weighted by atomic mass is 127. The van der Waals surface area contributed by atoms with Crippen molar-refractivity contribution in [2.45, 2.75) is 0 Å². The van der Waals surface area contributed by atoms with Gasteiger partial charge in [-0.15, -0.1) is 0 Å². The Morgan fingerprint density at radius 2 is 1.78 bits per heavy atom. The molecule has 1 aromatic heterocycles. The first-order chi connectivity index (χ1) is 8.40. The number of aromatic nitrogens is 2. The van der Waals surface area contributed by atoms with Crippen molar-refractivity contribution < 1.29 is 13.2 Å². The Hall–Kier alpha value is -1.58. The first kappa shape index (κ1) is 12.9. The molecule has 0 saturated carbocycles. The van der Waals surface area contributed by atoms with E-state index in [9.17, 15) is 18.0 Å². The third-order valence-corrected chi connectivity index (χ3v) is 3.13. The summed E-state index contributed by atoms with van der Waals surface area (Å²) in [5.74, 6) is -3.63. The number of rotatable bonds is 1. The van der Waals surface area contributed by atoms with Crippen molar-refractivity contribution in [3.63, 3.8) is 0 Å². The van der Waals surface area contributed by atoms with E-state index in [1.54, 1.807) is 22.6 Å². The van der Waals surface area contributed by atoms with Gasteiger partial charge in [0.1, 0.15) is 21.0 Å². The maximum absolute atomic E-state index is 13.6. The molecule has 0 radical (unpaired) electrons. The van der Waals surface area contributed by atoms with E-state index >= 15 is 0 Å². The third kappa shape index (κ3) is 2.19. The zero-order valence-electron chi connectivity index (χ0n) is 8.60. The van der Waals surface area contributed by atoms with Crippen LogP contribution in [0, 0.1) is 21.0 Å². The summed E-state index contributed by atoms with van der Waals surface area (Å²) in [4.78, 5) is 17.3. The van der Waals surface area contributed by atoms with Crippen molar-refractivity contribution in [1.82, 2.24) is 9.97 Å². The number of anilines is 1. The lowest BCUT2D eigenvalue weighted by molar-refractivity contribution is 0.547. The average Bonchev–Trinajstić information content (AvgIpc) is 2.23. The molecule has 0 aliphatic rings. The van der Waals surface area contributed by atoms with Crippen LogP contribution in [0.3, 0.4) is 0 Å². The maximum Gasteiger partial charge on any atom is 0.266 e. The minimum Gasteiger partial charge on any atom is -0.369 e. The number of benzene rings is 1. The third-order valence-electron chi connectivity index (χ3n) is 2.12. The Morgan fingerprint density at radius 1 is 1.22 bits per heavy atom. The van der Waals surface area contributed by atoms with Crippen molar-refractivity contribution in [2.24, 2.45) is 0 Å². The number of H-pyrrole nitrogens is 1. The molecule has 0 atom stereocenters. The van der Waals surface area contributed by atoms with Crippen LogP contribution in [0.2, 0.25) is 0 Å². The second kappa shape index (κ2) is 4.59. The van der Waals surface area contributed by atoms with Gasteiger partial charge in [0.25, 0.3) is 5.56 Å². The standard InChI is InChI=1S/C10H5F3IN3O/c11-3-1-4(12)6(5(13)2-3)8-7(14)9(18)17-10(15)16-8/h1-2H,(H3,15,16,17,18). The van der Waals surface area contributed by atoms with E-state index in [1.165, 1.54) is 0 Å². The van der Waals surface area contributed by atoms with Gasteiger partial charge in [-0.2, -0.15) is 0 Å². The van der Waals surface area contributed by atoms with Crippen LogP contribution < -0.4 is 11.3 Å². The topological polar surface area (TPSA) is 71.8 Å². The van der Waals surface area contributed by atoms with Gasteiger partial charge in [-0.25, -0.2) is 18.2 Å². The molecule has 2 aromatic rings. The Bertz CT molecular complexity index is 664. The summed E-state index contributed by atoms with van der Waals surface area (Å²) in [6.07, 6.45) is 0. The van der Waals surface area contributed by atoms with E-state index < -0.39 is 28.6 Å². The largest absolute Gasteiger partial charge is 0.369 e. The van der Waals surface area contributed by atoms with E-state index in [1.807, 2.05) is 0 Å². The highest BCUT2D eigenvalue weighted by molar-refractivity contribution is 14.1. The molecule has 4 nitrogen and oxygen atoms in total. The van der Waals surface area contributed by atoms with E-state index in [-0.39, 0.29) is 15.2 Å². The Kier molecular flexibility index (Phi) is 3.28. The Labute approximate surface area is 112 Å². The lowest BCUT2D eigenvalue weighted by Gasteiger charge is -2.07. The number of nitrogen functional groups attached to an aromatic ring is 1. The predicted molar refractivity (Wildman–Crippen MR) is 67.3 cm³/mol. The molecular formula is C10H5F3IN3O. The number of nitrogens with zero attached hydrogens (tertiary/aromatic N) is 1. The molecule has 0 unspecified atom stereocenters. The SMILES string of the molecule is Nc1nc(-c2c(F)cc(F)cc2F)c(I)c(=O)[nH]1. The van der Waals surface area contributed by atoms with E-state index in [4.69, 9.17) is 5.73 Å². The van der Waals surface area contributed by atoms with Gasteiger partial charge in [0.2, 0.25) is 5.95 Å². The van der Waals surface area contributed by atoms with Crippen LogP contribution >= 0.6 is 22.6 Å². The fourth-order valence-electron chi connectivity index (χ4n) is 1.41. The summed E-state index contributed by atoms with van der Waals surface area (Å²) in [6.45, 7) is 0. The predicted octanol–water partition coefficient (Wildman–Crippen LogP) is 2.04. The van der Waals surface area contributed by atoms with Crippen molar-refractivity contribution in [3.8, 4) is 11.3 Å². The van der Waals surface area contributed by atoms with Gasteiger partial charge in [0, 0.05) is 12.1 Å². The first-order valence-corrected chi connectivity index (χ1v) is 5.68. The van der Waals surface area contributed by atoms with E-state index in [0.29, 0.717) is 12.1 Å². The molecule has 18 heavy (non-hydrogen) atoms. The summed E-state index contributed by atoms with van der Waals surface area (Å²) in [5.41, 5.74) is 3.84. The fraction of sp³-hybridized carbons (Fsp3) is 0. The minimum absolute atomic E-state index is 0.0359. The zero-order chi connectivity index (χ0) is 13.4. The van der Waals surface area contributed by atoms with Crippen LogP contribution in [-0.2, 0) is 0 Å². The summed E-state index contributed by atoms with van der Waals surface area (Å²) in [7, 11) is 0. The maximum atomic E-state index is 13.6. The van der Waals surface area contributed by atoms with Crippen molar-refractivity contribution in [2.75, 3.05) is 5.73 Å². The summed E-state index contributed by atoms with van der Waals surface area (Å²) in [6, 6.07) is 1.01. The molecule has 0 bridgehead atoms. The Balaban J connectivity index is 2.81. The van der Waals surface area contributed by atoms with Gasteiger partial charge >= 0.3 is 0 Å². The number of hydrogen-bond donors (Lipinski definition) is 2. The lowest BCUT2D eigenvalue weighted by atomic mass is 10.1. The van der Waals surface area contributed by atoms with Gasteiger partial charge < -0.3 is 5.73 Å². The summed E-state index contributed by atoms with van der Waals surface area (Å²) in [5, 5.41) is 0. The molecule has 0 saturated heterocycles. The number of halogens is 4. The smallest absolute Gasteiger partial charge is 0.266 e. The quantitative estimate of drug-likeness (QED) is 0.758. The lowest BCUT2D eigenvalue weighted by Crippen LogP contribution is -2.16. The average molecular weight is 367 g/mol. The zero-order valence-corrected chi connectivity index (χ0v) is 10.8. The number of nitrogens with two attached hydrogens (primary N) is 1. The summed E-state index contributed by atoms with van der Waals surface area (Å²) < 4.78 is 39.9. The molecule has 8 heteroatoms. The molecule has 0 fully saturated rings. The Morgan fingerprint density at radius 3 is 2.33 bits per heavy atom. The van der Waals surface area contributed by atoms with Crippen LogP contribution in [-0.4, -0.2) is 9.97 Å². The monoisotopic (exact) mass is 367 g/mol. The van der Waals surface area contributed by atoms with E-state index in [2.05, 4.69) is 9.97 Å². The molecule has 0 amide bonds. The molecule has 0 aliphatic carbocycles. The molecule has 94 valence electrons. The van der Waals surface area contributed by atoms with Gasteiger partial charge in [-0.05, 0) is 22.6 Å². The number of nitrogens with one attached hydrogen (secondary N) is 1. The molecule has 3 N–H and O–H groups in total. The van der Waals surface area contributed by atoms with Crippen LogP contribution in [0.25, 0.3) is 11.3 Å². The van der Waals surface area contributed by atoms with Gasteiger partial charge in [-0.1, -0.05) is 0 Å². The van der Waals surface area contributed by atoms with Crippen LogP contribution in [0.4, 0.5) is 19.1 Å². The molecule has 2 rings (SSSR count). The first-order valence-electron chi connectivity index (χ1n) is 4.60. The number of aromatic amines is 1. The molecule has 1 aromatic carbocycles.